The molecule has 0 radical (unpaired) electrons. The summed E-state index contributed by atoms with van der Waals surface area (Å²) in [5.74, 6) is 0.786. The molecule has 1 heterocycles. The predicted octanol–water partition coefficient (Wildman–Crippen LogP) is 2.05. The molecule has 0 saturated carbocycles. The van der Waals surface area contributed by atoms with Crippen LogP contribution in [-0.4, -0.2) is 35.4 Å². The van der Waals surface area contributed by atoms with Crippen LogP contribution in [0.15, 0.2) is 36.4 Å². The highest BCUT2D eigenvalue weighted by molar-refractivity contribution is 6.00. The number of benzene rings is 2. The molecule has 1 atom stereocenters. The molecule has 2 aromatic rings. The van der Waals surface area contributed by atoms with Crippen LogP contribution in [-0.2, 0) is 6.54 Å². The van der Waals surface area contributed by atoms with Crippen molar-refractivity contribution in [3.8, 4) is 11.5 Å². The van der Waals surface area contributed by atoms with E-state index in [1.165, 1.54) is 18.2 Å². The van der Waals surface area contributed by atoms with Gasteiger partial charge in [0, 0.05) is 30.4 Å². The van der Waals surface area contributed by atoms with Crippen LogP contribution < -0.4 is 20.1 Å². The molecule has 1 aliphatic heterocycles. The Morgan fingerprint density at radius 2 is 2.04 bits per heavy atom. The van der Waals surface area contributed by atoms with E-state index in [0.717, 1.165) is 5.56 Å². The van der Waals surface area contributed by atoms with Crippen LogP contribution in [0.4, 0.5) is 11.4 Å². The van der Waals surface area contributed by atoms with Gasteiger partial charge in [-0.1, -0.05) is 6.07 Å². The molecule has 0 fully saturated rings. The number of ether oxygens (including phenoxy) is 2. The summed E-state index contributed by atoms with van der Waals surface area (Å²) in [6, 6.07) is 8.99. The molecule has 0 spiro atoms. The topological polar surface area (TPSA) is 123 Å². The van der Waals surface area contributed by atoms with Crippen LogP contribution in [0.25, 0.3) is 0 Å². The number of nitro benzene ring substituents is 1. The van der Waals surface area contributed by atoms with E-state index < -0.39 is 10.8 Å². The maximum absolute atomic E-state index is 12.6. The summed E-state index contributed by atoms with van der Waals surface area (Å²) in [6.45, 7) is 1.97. The highest BCUT2D eigenvalue weighted by atomic mass is 16.7. The fourth-order valence-corrected chi connectivity index (χ4v) is 2.60. The molecular weight excluding hydrogens is 354 g/mol. The third-order valence-electron chi connectivity index (χ3n) is 4.02. The molecule has 3 N–H and O–H groups in total. The first-order valence-corrected chi connectivity index (χ1v) is 8.30. The number of aliphatic hydroxyl groups excluding tert-OH is 1. The van der Waals surface area contributed by atoms with Crippen LogP contribution >= 0.6 is 0 Å². The fourth-order valence-electron chi connectivity index (χ4n) is 2.60. The van der Waals surface area contributed by atoms with Gasteiger partial charge in [0.2, 0.25) is 6.79 Å². The second-order valence-corrected chi connectivity index (χ2v) is 6.09. The Kier molecular flexibility index (Phi) is 5.41. The van der Waals surface area contributed by atoms with Crippen molar-refractivity contribution in [2.24, 2.45) is 0 Å². The van der Waals surface area contributed by atoms with Crippen molar-refractivity contribution >= 4 is 17.3 Å². The maximum atomic E-state index is 12.6. The van der Waals surface area contributed by atoms with E-state index in [1.54, 1.807) is 25.1 Å². The van der Waals surface area contributed by atoms with Gasteiger partial charge in [-0.3, -0.25) is 14.9 Å². The van der Waals surface area contributed by atoms with E-state index in [2.05, 4.69) is 10.6 Å². The molecule has 1 unspecified atom stereocenters. The van der Waals surface area contributed by atoms with Crippen molar-refractivity contribution in [2.75, 3.05) is 18.7 Å². The number of carbonyl (C=O) groups is 1. The van der Waals surface area contributed by atoms with Gasteiger partial charge in [-0.25, -0.2) is 0 Å². The van der Waals surface area contributed by atoms with Gasteiger partial charge in [-0.15, -0.1) is 0 Å². The molecule has 27 heavy (non-hydrogen) atoms. The lowest BCUT2D eigenvalue weighted by atomic mass is 10.1. The zero-order valence-electron chi connectivity index (χ0n) is 14.6. The van der Waals surface area contributed by atoms with Gasteiger partial charge < -0.3 is 25.2 Å². The van der Waals surface area contributed by atoms with E-state index in [0.29, 0.717) is 17.2 Å². The van der Waals surface area contributed by atoms with Crippen LogP contribution in [0, 0.1) is 10.1 Å². The van der Waals surface area contributed by atoms with Crippen molar-refractivity contribution < 1.29 is 24.3 Å². The molecule has 142 valence electrons. The third kappa shape index (κ3) is 4.26. The van der Waals surface area contributed by atoms with Gasteiger partial charge in [0.05, 0.1) is 17.1 Å². The Labute approximate surface area is 155 Å². The Morgan fingerprint density at radius 3 is 2.78 bits per heavy atom. The Balaban J connectivity index is 1.77. The Morgan fingerprint density at radius 1 is 1.26 bits per heavy atom. The lowest BCUT2D eigenvalue weighted by Crippen LogP contribution is -2.26. The Bertz CT molecular complexity index is 870. The molecule has 9 heteroatoms. The largest absolute Gasteiger partial charge is 0.454 e. The molecular formula is C18H19N3O6. The first kappa shape index (κ1) is 18.5. The van der Waals surface area contributed by atoms with Crippen molar-refractivity contribution in [1.29, 1.82) is 0 Å². The maximum Gasteiger partial charge on any atom is 0.270 e. The predicted molar refractivity (Wildman–Crippen MR) is 97.0 cm³/mol. The number of aliphatic hydroxyl groups is 1. The summed E-state index contributed by atoms with van der Waals surface area (Å²) in [7, 11) is 0. The number of rotatable bonds is 7. The van der Waals surface area contributed by atoms with Gasteiger partial charge in [0.15, 0.2) is 11.5 Å². The van der Waals surface area contributed by atoms with Crippen LogP contribution in [0.2, 0.25) is 0 Å². The smallest absolute Gasteiger partial charge is 0.270 e. The summed E-state index contributed by atoms with van der Waals surface area (Å²) in [5, 5.41) is 26.0. The number of fused-ring (bicyclic) bond motifs is 1. The molecule has 3 rings (SSSR count). The molecule has 1 aliphatic rings. The highest BCUT2D eigenvalue weighted by Gasteiger charge is 2.18. The normalized spacial score (nSPS) is 13.1. The number of hydrogen-bond donors (Lipinski definition) is 3. The van der Waals surface area contributed by atoms with Gasteiger partial charge in [0.25, 0.3) is 11.6 Å². The summed E-state index contributed by atoms with van der Waals surface area (Å²) in [4.78, 5) is 23.1. The van der Waals surface area contributed by atoms with E-state index in [-0.39, 0.29) is 37.2 Å². The second-order valence-electron chi connectivity index (χ2n) is 6.09. The number of carbonyl (C=O) groups excluding carboxylic acids is 1. The average Bonchev–Trinajstić information content (AvgIpc) is 3.13. The number of nitrogens with zero attached hydrogens (tertiary/aromatic N) is 1. The number of nitro groups is 1. The number of anilines is 1. The van der Waals surface area contributed by atoms with E-state index in [9.17, 15) is 20.0 Å². The van der Waals surface area contributed by atoms with Gasteiger partial charge in [-0.05, 0) is 30.7 Å². The average molecular weight is 373 g/mol. The quantitative estimate of drug-likeness (QED) is 0.501. The van der Waals surface area contributed by atoms with Crippen molar-refractivity contribution in [2.45, 2.75) is 19.5 Å². The minimum absolute atomic E-state index is 0.130. The number of non-ortho nitro benzene ring substituents is 1. The second kappa shape index (κ2) is 7.92. The first-order valence-electron chi connectivity index (χ1n) is 8.30. The molecule has 9 nitrogen and oxygen atoms in total. The number of nitrogens with one attached hydrogen (secondary N) is 2. The summed E-state index contributed by atoms with van der Waals surface area (Å²) in [5.41, 5.74) is 1.15. The lowest BCUT2D eigenvalue weighted by molar-refractivity contribution is -0.384. The van der Waals surface area contributed by atoms with Crippen LogP contribution in [0.5, 0.6) is 11.5 Å². The zero-order chi connectivity index (χ0) is 19.4. The Hall–Kier alpha value is -3.33. The van der Waals surface area contributed by atoms with Crippen LogP contribution in [0.1, 0.15) is 22.8 Å². The minimum Gasteiger partial charge on any atom is -0.454 e. The van der Waals surface area contributed by atoms with Crippen molar-refractivity contribution in [3.05, 3.63) is 57.6 Å². The van der Waals surface area contributed by atoms with Gasteiger partial charge >= 0.3 is 0 Å². The van der Waals surface area contributed by atoms with Crippen molar-refractivity contribution in [1.82, 2.24) is 5.32 Å². The van der Waals surface area contributed by atoms with Crippen molar-refractivity contribution in [3.63, 3.8) is 0 Å². The van der Waals surface area contributed by atoms with Crippen LogP contribution in [0.3, 0.4) is 0 Å². The number of hydrogen-bond acceptors (Lipinski definition) is 7. The SMILES string of the molecule is CC(CO)Nc1ccc([N+](=O)[O-])cc1C(=O)NCc1ccc2c(c1)OCO2. The summed E-state index contributed by atoms with van der Waals surface area (Å²) >= 11 is 0. The molecule has 2 aromatic carbocycles. The van der Waals surface area contributed by atoms with E-state index in [4.69, 9.17) is 9.47 Å². The van der Waals surface area contributed by atoms with E-state index in [1.807, 2.05) is 0 Å². The fraction of sp³-hybridized carbons (Fsp3) is 0.278. The highest BCUT2D eigenvalue weighted by Crippen LogP contribution is 2.32. The standard InChI is InChI=1S/C18H19N3O6/c1-11(9-22)20-15-4-3-13(21(24)25)7-14(15)18(23)19-8-12-2-5-16-17(6-12)27-10-26-16/h2-7,11,20,22H,8-10H2,1H3,(H,19,23). The molecule has 0 bridgehead atoms. The molecule has 0 saturated heterocycles. The molecule has 0 aliphatic carbocycles. The monoisotopic (exact) mass is 373 g/mol. The molecule has 0 aromatic heterocycles. The molecule has 1 amide bonds. The summed E-state index contributed by atoms with van der Waals surface area (Å²) in [6.07, 6.45) is 0. The third-order valence-corrected chi connectivity index (χ3v) is 4.02. The van der Waals surface area contributed by atoms with Gasteiger partial charge in [0.1, 0.15) is 0 Å². The van der Waals surface area contributed by atoms with E-state index >= 15 is 0 Å². The number of amides is 1. The summed E-state index contributed by atoms with van der Waals surface area (Å²) < 4.78 is 10.5. The lowest BCUT2D eigenvalue weighted by Gasteiger charge is -2.16. The first-order chi connectivity index (χ1) is 13.0. The van der Waals surface area contributed by atoms with Gasteiger partial charge in [-0.2, -0.15) is 0 Å². The minimum atomic E-state index is -0.562. The zero-order valence-corrected chi connectivity index (χ0v) is 14.6.